The average molecular weight is 386 g/mol. The van der Waals surface area contributed by atoms with E-state index in [-0.39, 0.29) is 6.54 Å². The Bertz CT molecular complexity index is 731. The van der Waals surface area contributed by atoms with Gasteiger partial charge < -0.3 is 15.4 Å². The van der Waals surface area contributed by atoms with Crippen molar-refractivity contribution in [2.24, 2.45) is 4.99 Å². The lowest BCUT2D eigenvalue weighted by molar-refractivity contribution is -0.140. The lowest BCUT2D eigenvalue weighted by Crippen LogP contribution is -2.36. The Morgan fingerprint density at radius 1 is 1.23 bits per heavy atom. The molecule has 0 unspecified atom stereocenters. The molecule has 2 rings (SSSR count). The molecule has 1 aromatic heterocycles. The molecular weight excluding hydrogens is 365 g/mol. The van der Waals surface area contributed by atoms with Gasteiger partial charge in [-0.25, -0.2) is 9.98 Å². The van der Waals surface area contributed by atoms with Crippen molar-refractivity contribution in [3.8, 4) is 0 Å². The monoisotopic (exact) mass is 386 g/mol. The number of methoxy groups -OCH3 is 1. The molecule has 2 aromatic rings. The van der Waals surface area contributed by atoms with Crippen molar-refractivity contribution < 1.29 is 17.9 Å². The van der Waals surface area contributed by atoms with Gasteiger partial charge in [0.15, 0.2) is 11.7 Å². The zero-order valence-electron chi connectivity index (χ0n) is 14.6. The molecule has 0 spiro atoms. The van der Waals surface area contributed by atoms with E-state index >= 15 is 0 Å². The number of nitrogens with zero attached hydrogens (tertiary/aromatic N) is 2. The standard InChI is InChI=1S/C17H21F3N4OS/c1-3-21-16(22-8-12-6-4-5-7-13(12)10-25-2)23-9-15-24-14(11-26-15)17(18,19)20/h4-7,11H,3,8-10H2,1-2H3,(H2,21,22,23). The molecule has 0 amide bonds. The molecule has 0 atom stereocenters. The highest BCUT2D eigenvalue weighted by Gasteiger charge is 2.33. The molecule has 2 N–H and O–H groups in total. The molecule has 1 heterocycles. The average Bonchev–Trinajstić information content (AvgIpc) is 3.08. The van der Waals surface area contributed by atoms with Gasteiger partial charge in [-0.15, -0.1) is 11.3 Å². The summed E-state index contributed by atoms with van der Waals surface area (Å²) in [5.74, 6) is 0.517. The number of hydrogen-bond donors (Lipinski definition) is 2. The van der Waals surface area contributed by atoms with E-state index in [0.29, 0.717) is 30.7 Å². The summed E-state index contributed by atoms with van der Waals surface area (Å²) in [6.07, 6.45) is -4.42. The molecular formula is C17H21F3N4OS. The van der Waals surface area contributed by atoms with Crippen LogP contribution in [0.2, 0.25) is 0 Å². The third kappa shape index (κ3) is 5.99. The maximum atomic E-state index is 12.6. The molecule has 0 aliphatic rings. The Balaban J connectivity index is 2.02. The number of hydrogen-bond acceptors (Lipinski definition) is 4. The van der Waals surface area contributed by atoms with Crippen LogP contribution in [0.4, 0.5) is 13.2 Å². The molecule has 0 saturated heterocycles. The van der Waals surface area contributed by atoms with E-state index in [1.807, 2.05) is 31.2 Å². The van der Waals surface area contributed by atoms with Crippen molar-refractivity contribution in [3.05, 3.63) is 51.5 Å². The molecule has 142 valence electrons. The summed E-state index contributed by atoms with van der Waals surface area (Å²) in [5.41, 5.74) is 1.21. The number of aromatic nitrogens is 1. The fourth-order valence-electron chi connectivity index (χ4n) is 2.20. The highest BCUT2D eigenvalue weighted by Crippen LogP contribution is 2.29. The van der Waals surface area contributed by atoms with Gasteiger partial charge in [-0.05, 0) is 18.1 Å². The largest absolute Gasteiger partial charge is 0.434 e. The molecule has 0 aliphatic heterocycles. The summed E-state index contributed by atoms with van der Waals surface area (Å²) in [6, 6.07) is 7.81. The number of benzene rings is 1. The minimum absolute atomic E-state index is 0.173. The first-order valence-corrected chi connectivity index (χ1v) is 8.91. The summed E-state index contributed by atoms with van der Waals surface area (Å²) >= 11 is 0.967. The first-order chi connectivity index (χ1) is 12.4. The Labute approximate surface area is 154 Å². The lowest BCUT2D eigenvalue weighted by Gasteiger charge is -2.11. The number of aliphatic imine (C=N–C) groups is 1. The Morgan fingerprint density at radius 2 is 1.96 bits per heavy atom. The zero-order chi connectivity index (χ0) is 19.0. The van der Waals surface area contributed by atoms with Gasteiger partial charge in [0.25, 0.3) is 0 Å². The second-order valence-electron chi connectivity index (χ2n) is 5.37. The van der Waals surface area contributed by atoms with E-state index < -0.39 is 11.9 Å². The van der Waals surface area contributed by atoms with Crippen LogP contribution in [0.5, 0.6) is 0 Å². The Morgan fingerprint density at radius 3 is 2.58 bits per heavy atom. The summed E-state index contributed by atoms with van der Waals surface area (Å²) in [6.45, 7) is 3.65. The fraction of sp³-hybridized carbons (Fsp3) is 0.412. The maximum absolute atomic E-state index is 12.6. The van der Waals surface area contributed by atoms with Crippen LogP contribution in [0.3, 0.4) is 0 Å². The number of nitrogens with one attached hydrogen (secondary N) is 2. The van der Waals surface area contributed by atoms with Gasteiger partial charge in [0.05, 0.1) is 19.7 Å². The molecule has 26 heavy (non-hydrogen) atoms. The van der Waals surface area contributed by atoms with Crippen LogP contribution < -0.4 is 10.6 Å². The molecule has 0 radical (unpaired) electrons. The highest BCUT2D eigenvalue weighted by molar-refractivity contribution is 7.09. The highest BCUT2D eigenvalue weighted by atomic mass is 32.1. The van der Waals surface area contributed by atoms with Crippen LogP contribution in [0.25, 0.3) is 0 Å². The topological polar surface area (TPSA) is 58.5 Å². The number of ether oxygens (including phenoxy) is 1. The summed E-state index contributed by atoms with van der Waals surface area (Å²) in [7, 11) is 1.63. The molecule has 0 saturated carbocycles. The van der Waals surface area contributed by atoms with E-state index in [2.05, 4.69) is 20.6 Å². The first kappa shape index (κ1) is 20.2. The maximum Gasteiger partial charge on any atom is 0.434 e. The van der Waals surface area contributed by atoms with Gasteiger partial charge >= 0.3 is 6.18 Å². The van der Waals surface area contributed by atoms with Crippen molar-refractivity contribution in [2.45, 2.75) is 32.8 Å². The van der Waals surface area contributed by atoms with E-state index in [0.717, 1.165) is 27.8 Å². The number of halogens is 3. The van der Waals surface area contributed by atoms with E-state index in [4.69, 9.17) is 4.74 Å². The van der Waals surface area contributed by atoms with Crippen LogP contribution in [0.1, 0.15) is 28.8 Å². The fourth-order valence-corrected chi connectivity index (χ4v) is 2.94. The Kier molecular flexibility index (Phi) is 7.40. The Hall–Kier alpha value is -2.13. The number of rotatable bonds is 7. The van der Waals surface area contributed by atoms with Crippen LogP contribution in [-0.2, 0) is 30.6 Å². The zero-order valence-corrected chi connectivity index (χ0v) is 15.4. The predicted molar refractivity (Wildman–Crippen MR) is 95.9 cm³/mol. The SMILES string of the molecule is CCNC(=NCc1ccccc1COC)NCc1nc(C(F)(F)F)cs1. The molecule has 9 heteroatoms. The van der Waals surface area contributed by atoms with Crippen LogP contribution in [0, 0.1) is 0 Å². The van der Waals surface area contributed by atoms with Gasteiger partial charge in [0, 0.05) is 19.0 Å². The van der Waals surface area contributed by atoms with E-state index in [9.17, 15) is 13.2 Å². The molecule has 0 fully saturated rings. The van der Waals surface area contributed by atoms with Crippen molar-refractivity contribution in [3.63, 3.8) is 0 Å². The van der Waals surface area contributed by atoms with Gasteiger partial charge in [0.1, 0.15) is 5.01 Å². The van der Waals surface area contributed by atoms with Crippen LogP contribution >= 0.6 is 11.3 Å². The van der Waals surface area contributed by atoms with Gasteiger partial charge in [-0.2, -0.15) is 13.2 Å². The third-order valence-corrected chi connectivity index (χ3v) is 4.27. The summed E-state index contributed by atoms with van der Waals surface area (Å²) < 4.78 is 43.0. The van der Waals surface area contributed by atoms with Crippen LogP contribution in [-0.4, -0.2) is 24.6 Å². The minimum Gasteiger partial charge on any atom is -0.380 e. The molecule has 0 aliphatic carbocycles. The number of guanidine groups is 1. The number of thiazole rings is 1. The third-order valence-electron chi connectivity index (χ3n) is 3.42. The normalized spacial score (nSPS) is 12.3. The van der Waals surface area contributed by atoms with Crippen molar-refractivity contribution >= 4 is 17.3 Å². The second kappa shape index (κ2) is 9.54. The van der Waals surface area contributed by atoms with Crippen molar-refractivity contribution in [1.82, 2.24) is 15.6 Å². The summed E-state index contributed by atoms with van der Waals surface area (Å²) in [5, 5.41) is 7.45. The van der Waals surface area contributed by atoms with Crippen molar-refractivity contribution in [2.75, 3.05) is 13.7 Å². The molecule has 5 nitrogen and oxygen atoms in total. The number of alkyl halides is 3. The van der Waals surface area contributed by atoms with Gasteiger partial charge in [-0.3, -0.25) is 0 Å². The van der Waals surface area contributed by atoms with E-state index in [1.165, 1.54) is 0 Å². The second-order valence-corrected chi connectivity index (χ2v) is 6.32. The molecule has 0 bridgehead atoms. The van der Waals surface area contributed by atoms with Gasteiger partial charge in [0.2, 0.25) is 0 Å². The van der Waals surface area contributed by atoms with Crippen molar-refractivity contribution in [1.29, 1.82) is 0 Å². The van der Waals surface area contributed by atoms with Crippen LogP contribution in [0.15, 0.2) is 34.6 Å². The van der Waals surface area contributed by atoms with E-state index in [1.54, 1.807) is 7.11 Å². The summed E-state index contributed by atoms with van der Waals surface area (Å²) in [4.78, 5) is 8.09. The minimum atomic E-state index is -4.42. The van der Waals surface area contributed by atoms with Gasteiger partial charge in [-0.1, -0.05) is 24.3 Å². The quantitative estimate of drug-likeness (QED) is 0.564. The lowest BCUT2D eigenvalue weighted by atomic mass is 10.1. The first-order valence-electron chi connectivity index (χ1n) is 8.03. The molecule has 1 aromatic carbocycles. The predicted octanol–water partition coefficient (Wildman–Crippen LogP) is 3.56. The smallest absolute Gasteiger partial charge is 0.380 e.